The van der Waals surface area contributed by atoms with E-state index in [1.807, 2.05) is 12.1 Å². The third-order valence-corrected chi connectivity index (χ3v) is 8.06. The van der Waals surface area contributed by atoms with E-state index in [2.05, 4.69) is 36.4 Å². The van der Waals surface area contributed by atoms with E-state index in [0.717, 1.165) is 28.0 Å². The number of rotatable bonds is 2. The van der Waals surface area contributed by atoms with Gasteiger partial charge in [-0.2, -0.15) is 0 Å². The van der Waals surface area contributed by atoms with E-state index in [1.165, 1.54) is 24.8 Å². The fourth-order valence-electron chi connectivity index (χ4n) is 6.92. The van der Waals surface area contributed by atoms with Gasteiger partial charge in [0.1, 0.15) is 0 Å². The predicted octanol–water partition coefficient (Wildman–Crippen LogP) is 4.87. The lowest BCUT2D eigenvalue weighted by molar-refractivity contribution is -0.467. The van der Waals surface area contributed by atoms with Crippen molar-refractivity contribution in [3.8, 4) is 11.1 Å². The molecule has 4 unspecified atom stereocenters. The van der Waals surface area contributed by atoms with Crippen LogP contribution >= 0.6 is 11.6 Å². The first kappa shape index (κ1) is 13.0. The third-order valence-electron chi connectivity index (χ3n) is 7.81. The largest absolute Gasteiger partial charge is 0.385 e. The molecule has 1 N–H and O–H groups in total. The van der Waals surface area contributed by atoms with Gasteiger partial charge in [-0.1, -0.05) is 48.0 Å². The molecule has 0 bridgehead atoms. The second kappa shape index (κ2) is 3.84. The Bertz CT molecular complexity index is 802. The summed E-state index contributed by atoms with van der Waals surface area (Å²) < 4.78 is 0. The number of hydrogen-bond donors (Lipinski definition) is 1. The summed E-state index contributed by atoms with van der Waals surface area (Å²) >= 11 is 6.04. The van der Waals surface area contributed by atoms with Gasteiger partial charge in [-0.15, -0.1) is 0 Å². The Morgan fingerprint density at radius 3 is 2.17 bits per heavy atom. The van der Waals surface area contributed by atoms with Crippen molar-refractivity contribution in [1.82, 2.24) is 0 Å². The van der Waals surface area contributed by atoms with Crippen LogP contribution in [-0.2, 0) is 5.60 Å². The van der Waals surface area contributed by atoms with Gasteiger partial charge in [-0.25, -0.2) is 0 Å². The molecule has 2 aromatic rings. The molecule has 116 valence electrons. The molecular formula is C21H19ClO. The smallest absolute Gasteiger partial charge is 0.0969 e. The van der Waals surface area contributed by atoms with Crippen molar-refractivity contribution in [3.05, 3.63) is 59.1 Å². The van der Waals surface area contributed by atoms with Crippen LogP contribution in [0.1, 0.15) is 24.8 Å². The van der Waals surface area contributed by atoms with Gasteiger partial charge in [-0.3, -0.25) is 0 Å². The molecule has 0 saturated heterocycles. The summed E-state index contributed by atoms with van der Waals surface area (Å²) in [6.07, 6.45) is 3.90. The standard InChI is InChI=1S/C21H19ClO/c22-15-7-5-12(6-8-15)16-3-1-2-4-17(16)21(23)18-10-13-9-14-11-19(21)20(13,14)18/h1-8,13-14,18-19,23H,9-11H2. The molecular weight excluding hydrogens is 304 g/mol. The third kappa shape index (κ3) is 1.20. The van der Waals surface area contributed by atoms with Gasteiger partial charge < -0.3 is 5.11 Å². The molecule has 0 radical (unpaired) electrons. The first-order valence-corrected chi connectivity index (χ1v) is 9.12. The maximum atomic E-state index is 11.7. The Kier molecular flexibility index (Phi) is 2.18. The molecule has 4 fully saturated rings. The molecule has 4 atom stereocenters. The Morgan fingerprint density at radius 2 is 1.52 bits per heavy atom. The fraction of sp³-hybridized carbons (Fsp3) is 0.429. The summed E-state index contributed by atoms with van der Waals surface area (Å²) in [5.41, 5.74) is 3.44. The summed E-state index contributed by atoms with van der Waals surface area (Å²) in [7, 11) is 0. The van der Waals surface area contributed by atoms with E-state index in [0.29, 0.717) is 17.3 Å². The second-order valence-electron chi connectivity index (χ2n) is 8.08. The van der Waals surface area contributed by atoms with Crippen molar-refractivity contribution < 1.29 is 5.11 Å². The van der Waals surface area contributed by atoms with Gasteiger partial charge in [0, 0.05) is 5.02 Å². The van der Waals surface area contributed by atoms with Crippen molar-refractivity contribution in [2.24, 2.45) is 29.1 Å². The number of hydrogen-bond acceptors (Lipinski definition) is 1. The van der Waals surface area contributed by atoms with E-state index < -0.39 is 5.60 Å². The lowest BCUT2D eigenvalue weighted by atomic mass is 9.14. The van der Waals surface area contributed by atoms with Crippen LogP contribution in [0.4, 0.5) is 0 Å². The van der Waals surface area contributed by atoms with E-state index in [4.69, 9.17) is 11.6 Å². The first-order chi connectivity index (χ1) is 11.2. The van der Waals surface area contributed by atoms with Crippen molar-refractivity contribution in [1.29, 1.82) is 0 Å². The quantitative estimate of drug-likeness (QED) is 0.836. The zero-order chi connectivity index (χ0) is 15.4. The zero-order valence-electron chi connectivity index (χ0n) is 12.9. The number of halogens is 1. The Labute approximate surface area is 141 Å². The maximum absolute atomic E-state index is 11.7. The van der Waals surface area contributed by atoms with Crippen molar-refractivity contribution in [2.75, 3.05) is 0 Å². The topological polar surface area (TPSA) is 20.2 Å². The first-order valence-electron chi connectivity index (χ1n) is 8.74. The molecule has 0 heterocycles. The van der Waals surface area contributed by atoms with E-state index in [-0.39, 0.29) is 0 Å². The van der Waals surface area contributed by atoms with Crippen molar-refractivity contribution >= 4 is 11.6 Å². The highest BCUT2D eigenvalue weighted by Gasteiger charge is 2.89. The van der Waals surface area contributed by atoms with E-state index in [1.54, 1.807) is 0 Å². The number of benzene rings is 2. The molecule has 1 spiro atoms. The van der Waals surface area contributed by atoms with Crippen LogP contribution in [0.2, 0.25) is 5.02 Å². The SMILES string of the molecule is OC1(c2ccccc2-c2ccc(Cl)cc2)C2CC3CC4CC1C342. The summed E-state index contributed by atoms with van der Waals surface area (Å²) in [5.74, 6) is 2.87. The van der Waals surface area contributed by atoms with Crippen LogP contribution in [0, 0.1) is 29.1 Å². The van der Waals surface area contributed by atoms with Crippen LogP contribution < -0.4 is 0 Å². The second-order valence-corrected chi connectivity index (χ2v) is 8.52. The minimum absolute atomic E-state index is 0.506. The highest BCUT2D eigenvalue weighted by atomic mass is 35.5. The average molecular weight is 323 g/mol. The Morgan fingerprint density at radius 1 is 0.870 bits per heavy atom. The molecule has 23 heavy (non-hydrogen) atoms. The van der Waals surface area contributed by atoms with Crippen LogP contribution in [0.5, 0.6) is 0 Å². The van der Waals surface area contributed by atoms with Crippen LogP contribution in [0.25, 0.3) is 11.1 Å². The molecule has 1 nitrogen and oxygen atoms in total. The minimum Gasteiger partial charge on any atom is -0.385 e. The van der Waals surface area contributed by atoms with Crippen molar-refractivity contribution in [2.45, 2.75) is 24.9 Å². The van der Waals surface area contributed by atoms with Gasteiger partial charge in [0.15, 0.2) is 0 Å². The molecule has 4 aliphatic rings. The maximum Gasteiger partial charge on any atom is 0.0969 e. The highest BCUT2D eigenvalue weighted by Crippen LogP contribution is 2.92. The Balaban J connectivity index is 1.47. The Hall–Kier alpha value is -1.31. The molecule has 0 aromatic heterocycles. The zero-order valence-corrected chi connectivity index (χ0v) is 13.6. The highest BCUT2D eigenvalue weighted by molar-refractivity contribution is 6.30. The number of aliphatic hydroxyl groups is 1. The van der Waals surface area contributed by atoms with Gasteiger partial charge >= 0.3 is 0 Å². The van der Waals surface area contributed by atoms with E-state index >= 15 is 0 Å². The molecule has 0 aliphatic heterocycles. The fourth-order valence-corrected chi connectivity index (χ4v) is 7.05. The van der Waals surface area contributed by atoms with Crippen LogP contribution in [-0.4, -0.2) is 5.11 Å². The van der Waals surface area contributed by atoms with Crippen molar-refractivity contribution in [3.63, 3.8) is 0 Å². The average Bonchev–Trinajstić information content (AvgIpc) is 2.51. The summed E-state index contributed by atoms with van der Waals surface area (Å²) in [6.45, 7) is 0. The summed E-state index contributed by atoms with van der Waals surface area (Å²) in [6, 6.07) is 16.4. The summed E-state index contributed by atoms with van der Waals surface area (Å²) in [4.78, 5) is 0. The predicted molar refractivity (Wildman–Crippen MR) is 91.0 cm³/mol. The summed E-state index contributed by atoms with van der Waals surface area (Å²) in [5, 5.41) is 12.4. The van der Waals surface area contributed by atoms with Gasteiger partial charge in [0.25, 0.3) is 0 Å². The van der Waals surface area contributed by atoms with Crippen LogP contribution in [0.15, 0.2) is 48.5 Å². The lowest BCUT2D eigenvalue weighted by Crippen LogP contribution is -2.89. The molecule has 0 amide bonds. The van der Waals surface area contributed by atoms with Gasteiger partial charge in [-0.05, 0) is 77.2 Å². The van der Waals surface area contributed by atoms with E-state index in [9.17, 15) is 5.11 Å². The molecule has 2 aromatic carbocycles. The van der Waals surface area contributed by atoms with Crippen LogP contribution in [0.3, 0.4) is 0 Å². The molecule has 2 heteroatoms. The van der Waals surface area contributed by atoms with Gasteiger partial charge in [0.05, 0.1) is 5.60 Å². The van der Waals surface area contributed by atoms with Gasteiger partial charge in [0.2, 0.25) is 0 Å². The minimum atomic E-state index is -0.594. The molecule has 4 aliphatic carbocycles. The lowest BCUT2D eigenvalue weighted by Gasteiger charge is -2.91. The molecule has 4 saturated carbocycles. The monoisotopic (exact) mass is 322 g/mol. The molecule has 6 rings (SSSR count). The normalized spacial score (nSPS) is 44.8.